The van der Waals surface area contributed by atoms with Crippen LogP contribution in [-0.2, 0) is 21.2 Å². The van der Waals surface area contributed by atoms with Gasteiger partial charge in [-0.25, -0.2) is 18.4 Å². The van der Waals surface area contributed by atoms with Crippen LogP contribution < -0.4 is 20.7 Å². The summed E-state index contributed by atoms with van der Waals surface area (Å²) in [7, 11) is -2.33. The number of nitrogens with zero attached hydrogens (tertiary/aromatic N) is 1. The molecule has 1 aromatic rings. The van der Waals surface area contributed by atoms with E-state index in [0.717, 1.165) is 11.3 Å². The van der Waals surface area contributed by atoms with Gasteiger partial charge in [0.25, 0.3) is 0 Å². The predicted octanol–water partition coefficient (Wildman–Crippen LogP) is -0.459. The van der Waals surface area contributed by atoms with Crippen molar-refractivity contribution in [3.05, 3.63) is 23.8 Å². The van der Waals surface area contributed by atoms with Gasteiger partial charge in [0.2, 0.25) is 15.9 Å². The van der Waals surface area contributed by atoms with Gasteiger partial charge in [-0.3, -0.25) is 10.1 Å². The first-order valence-electron chi connectivity index (χ1n) is 6.66. The first-order chi connectivity index (χ1) is 10.2. The average molecular weight is 326 g/mol. The van der Waals surface area contributed by atoms with Gasteiger partial charge < -0.3 is 10.2 Å². The van der Waals surface area contributed by atoms with Crippen LogP contribution in [0.15, 0.2) is 23.1 Å². The zero-order valence-corrected chi connectivity index (χ0v) is 13.1. The minimum Gasteiger partial charge on any atom is -0.359 e. The third-order valence-corrected chi connectivity index (χ3v) is 4.44. The Bertz CT molecular complexity index is 717. The van der Waals surface area contributed by atoms with Gasteiger partial charge in [-0.2, -0.15) is 0 Å². The molecule has 4 N–H and O–H groups in total. The SMILES string of the molecule is CNC(=O)NC(=O)CN1c2ccc(S(N)(=O)=O)cc2C[C@@H]1C. The molecular weight excluding hydrogens is 308 g/mol. The number of primary sulfonamides is 1. The van der Waals surface area contributed by atoms with Crippen LogP contribution in [0.1, 0.15) is 12.5 Å². The second kappa shape index (κ2) is 5.93. The highest BCUT2D eigenvalue weighted by Crippen LogP contribution is 2.33. The predicted molar refractivity (Wildman–Crippen MR) is 80.9 cm³/mol. The van der Waals surface area contributed by atoms with Gasteiger partial charge in [-0.1, -0.05) is 0 Å². The van der Waals surface area contributed by atoms with E-state index in [1.54, 1.807) is 6.07 Å². The van der Waals surface area contributed by atoms with E-state index in [9.17, 15) is 18.0 Å². The molecule has 0 saturated carbocycles. The molecule has 3 amide bonds. The van der Waals surface area contributed by atoms with Crippen molar-refractivity contribution < 1.29 is 18.0 Å². The van der Waals surface area contributed by atoms with E-state index in [0.29, 0.717) is 6.42 Å². The van der Waals surface area contributed by atoms with Gasteiger partial charge in [0.1, 0.15) is 0 Å². The Morgan fingerprint density at radius 3 is 2.68 bits per heavy atom. The summed E-state index contributed by atoms with van der Waals surface area (Å²) >= 11 is 0. The first kappa shape index (κ1) is 16.2. The van der Waals surface area contributed by atoms with Crippen molar-refractivity contribution >= 4 is 27.6 Å². The number of rotatable bonds is 3. The van der Waals surface area contributed by atoms with Crippen LogP contribution in [0.3, 0.4) is 0 Å². The van der Waals surface area contributed by atoms with Crippen LogP contribution in [0.2, 0.25) is 0 Å². The number of hydrogen-bond donors (Lipinski definition) is 3. The number of carbonyl (C=O) groups excluding carboxylic acids is 2. The fourth-order valence-corrected chi connectivity index (χ4v) is 3.04. The lowest BCUT2D eigenvalue weighted by Gasteiger charge is -2.24. The van der Waals surface area contributed by atoms with Crippen molar-refractivity contribution in [2.75, 3.05) is 18.5 Å². The maximum Gasteiger partial charge on any atom is 0.321 e. The molecule has 1 atom stereocenters. The van der Waals surface area contributed by atoms with E-state index >= 15 is 0 Å². The molecule has 0 aliphatic carbocycles. The van der Waals surface area contributed by atoms with Crippen LogP contribution in [0.5, 0.6) is 0 Å². The van der Waals surface area contributed by atoms with Crippen molar-refractivity contribution in [3.63, 3.8) is 0 Å². The number of amides is 3. The van der Waals surface area contributed by atoms with Gasteiger partial charge >= 0.3 is 6.03 Å². The van der Waals surface area contributed by atoms with E-state index in [1.807, 2.05) is 11.8 Å². The first-order valence-corrected chi connectivity index (χ1v) is 8.21. The Morgan fingerprint density at radius 1 is 1.41 bits per heavy atom. The van der Waals surface area contributed by atoms with E-state index in [2.05, 4.69) is 10.6 Å². The summed E-state index contributed by atoms with van der Waals surface area (Å²) in [5.74, 6) is -0.436. The monoisotopic (exact) mass is 326 g/mol. The largest absolute Gasteiger partial charge is 0.359 e. The molecule has 2 rings (SSSR count). The number of carbonyl (C=O) groups is 2. The minimum absolute atomic E-state index is 0.0102. The second-order valence-corrected chi connectivity index (χ2v) is 6.71. The van der Waals surface area contributed by atoms with Crippen LogP contribution >= 0.6 is 0 Å². The smallest absolute Gasteiger partial charge is 0.321 e. The number of imide groups is 1. The maximum absolute atomic E-state index is 11.8. The van der Waals surface area contributed by atoms with Crippen molar-refractivity contribution in [1.82, 2.24) is 10.6 Å². The highest BCUT2D eigenvalue weighted by molar-refractivity contribution is 7.89. The quantitative estimate of drug-likeness (QED) is 0.694. The summed E-state index contributed by atoms with van der Waals surface area (Å²) in [6.07, 6.45) is 0.603. The number of benzene rings is 1. The van der Waals surface area contributed by atoms with Crippen LogP contribution in [0.4, 0.5) is 10.5 Å². The van der Waals surface area contributed by atoms with Crippen molar-refractivity contribution in [2.24, 2.45) is 5.14 Å². The number of sulfonamides is 1. The number of anilines is 1. The van der Waals surface area contributed by atoms with Gasteiger partial charge in [-0.15, -0.1) is 0 Å². The number of urea groups is 1. The molecule has 0 spiro atoms. The second-order valence-electron chi connectivity index (χ2n) is 5.14. The summed E-state index contributed by atoms with van der Waals surface area (Å²) in [5.41, 5.74) is 1.58. The molecule has 9 heteroatoms. The summed E-state index contributed by atoms with van der Waals surface area (Å²) in [4.78, 5) is 24.8. The molecule has 1 aliphatic heterocycles. The van der Waals surface area contributed by atoms with E-state index < -0.39 is 22.0 Å². The summed E-state index contributed by atoms with van der Waals surface area (Å²) in [6.45, 7) is 1.93. The third-order valence-electron chi connectivity index (χ3n) is 3.53. The number of hydrogen-bond acceptors (Lipinski definition) is 5. The topological polar surface area (TPSA) is 122 Å². The zero-order valence-electron chi connectivity index (χ0n) is 12.3. The molecule has 1 aromatic carbocycles. The third kappa shape index (κ3) is 3.37. The van der Waals surface area contributed by atoms with Crippen molar-refractivity contribution in [3.8, 4) is 0 Å². The van der Waals surface area contributed by atoms with E-state index in [-0.39, 0.29) is 17.5 Å². The van der Waals surface area contributed by atoms with Gasteiger partial charge in [0.05, 0.1) is 11.4 Å². The van der Waals surface area contributed by atoms with Gasteiger partial charge in [-0.05, 0) is 37.1 Å². The lowest BCUT2D eigenvalue weighted by atomic mass is 10.1. The molecule has 0 radical (unpaired) electrons. The van der Waals surface area contributed by atoms with E-state index in [4.69, 9.17) is 5.14 Å². The summed E-state index contributed by atoms with van der Waals surface area (Å²) in [6, 6.07) is 4.02. The molecule has 0 unspecified atom stereocenters. The Labute approximate surface area is 128 Å². The minimum atomic E-state index is -3.75. The molecular formula is C13H18N4O4S. The molecule has 0 fully saturated rings. The normalized spacial score (nSPS) is 17.0. The molecule has 8 nitrogen and oxygen atoms in total. The molecule has 1 aliphatic rings. The maximum atomic E-state index is 11.8. The van der Waals surface area contributed by atoms with Crippen LogP contribution in [0.25, 0.3) is 0 Å². The Balaban J connectivity index is 2.20. The van der Waals surface area contributed by atoms with E-state index in [1.165, 1.54) is 19.2 Å². The van der Waals surface area contributed by atoms with Gasteiger partial charge in [0.15, 0.2) is 0 Å². The Hall–Kier alpha value is -2.13. The average Bonchev–Trinajstić information content (AvgIpc) is 2.73. The van der Waals surface area contributed by atoms with Crippen molar-refractivity contribution in [2.45, 2.75) is 24.3 Å². The summed E-state index contributed by atoms with van der Waals surface area (Å²) < 4.78 is 22.8. The lowest BCUT2D eigenvalue weighted by Crippen LogP contribution is -2.45. The molecule has 120 valence electrons. The molecule has 0 bridgehead atoms. The Kier molecular flexibility index (Phi) is 4.38. The van der Waals surface area contributed by atoms with Crippen molar-refractivity contribution in [1.29, 1.82) is 0 Å². The lowest BCUT2D eigenvalue weighted by molar-refractivity contribution is -0.118. The fraction of sp³-hybridized carbons (Fsp3) is 0.385. The number of nitrogens with two attached hydrogens (primary N) is 1. The molecule has 22 heavy (non-hydrogen) atoms. The number of fused-ring (bicyclic) bond motifs is 1. The zero-order chi connectivity index (χ0) is 16.5. The van der Waals surface area contributed by atoms with Crippen LogP contribution in [-0.4, -0.2) is 40.0 Å². The molecule has 0 saturated heterocycles. The standard InChI is InChI=1S/C13H18N4O4S/c1-8-5-9-6-10(22(14,20)21)3-4-11(9)17(8)7-12(18)16-13(19)15-2/h3-4,6,8H,5,7H2,1-2H3,(H2,14,20,21)(H2,15,16,18,19)/t8-/m0/s1. The van der Waals surface area contributed by atoms with Crippen LogP contribution in [0, 0.1) is 0 Å². The fourth-order valence-electron chi connectivity index (χ4n) is 2.47. The molecule has 1 heterocycles. The Morgan fingerprint density at radius 2 is 2.09 bits per heavy atom. The number of nitrogens with one attached hydrogen (secondary N) is 2. The highest BCUT2D eigenvalue weighted by atomic mass is 32.2. The summed E-state index contributed by atoms with van der Waals surface area (Å²) in [5, 5.41) is 9.62. The highest BCUT2D eigenvalue weighted by Gasteiger charge is 2.28. The molecule has 0 aromatic heterocycles. The van der Waals surface area contributed by atoms with Gasteiger partial charge in [0, 0.05) is 18.8 Å².